The van der Waals surface area contributed by atoms with E-state index < -0.39 is 35.6 Å². The van der Waals surface area contributed by atoms with Gasteiger partial charge in [-0.15, -0.1) is 0 Å². The van der Waals surface area contributed by atoms with Gasteiger partial charge in [0.1, 0.15) is 5.82 Å². The number of nitrogens with one attached hydrogen (secondary N) is 1. The van der Waals surface area contributed by atoms with Gasteiger partial charge in [0, 0.05) is 28.9 Å². The van der Waals surface area contributed by atoms with Crippen LogP contribution in [0, 0.1) is 38.2 Å². The van der Waals surface area contributed by atoms with E-state index in [0.29, 0.717) is 47.3 Å². The molecule has 5 rings (SSSR count). The number of halogens is 3. The number of hydrogen-bond acceptors (Lipinski definition) is 5. The fraction of sp³-hybridized carbons (Fsp3) is 0.286. The molecule has 0 aliphatic carbocycles. The van der Waals surface area contributed by atoms with Crippen molar-refractivity contribution in [3.8, 4) is 17.0 Å². The number of benzene rings is 2. The van der Waals surface area contributed by atoms with Crippen LogP contribution < -0.4 is 10.1 Å². The fourth-order valence-corrected chi connectivity index (χ4v) is 4.94. The van der Waals surface area contributed by atoms with E-state index in [9.17, 15) is 19.1 Å². The maximum Gasteiger partial charge on any atom is 0.307 e. The molecule has 11 heteroatoms. The lowest BCUT2D eigenvalue weighted by Gasteiger charge is -2.23. The Bertz CT molecular complexity index is 1670. The van der Waals surface area contributed by atoms with E-state index in [1.165, 1.54) is 25.1 Å². The summed E-state index contributed by atoms with van der Waals surface area (Å²) in [6.07, 6.45) is 0.751. The second kappa shape index (κ2) is 10.0. The van der Waals surface area contributed by atoms with Crippen LogP contribution >= 0.6 is 0 Å². The van der Waals surface area contributed by atoms with Gasteiger partial charge in [-0.05, 0) is 62.4 Å². The zero-order chi connectivity index (χ0) is 28.0. The summed E-state index contributed by atoms with van der Waals surface area (Å²) in [5.41, 5.74) is 2.28. The molecule has 0 spiro atoms. The van der Waals surface area contributed by atoms with Crippen LogP contribution in [-0.2, 0) is 24.2 Å². The van der Waals surface area contributed by atoms with Crippen LogP contribution in [0.15, 0.2) is 24.3 Å². The molecular formula is C28H25F3N4O4. The minimum Gasteiger partial charge on any atom is -0.490 e. The number of nitrogens with zero attached hydrogens (tertiary/aromatic N) is 3. The molecule has 0 saturated heterocycles. The van der Waals surface area contributed by atoms with Crippen molar-refractivity contribution in [3.63, 3.8) is 0 Å². The zero-order valence-corrected chi connectivity index (χ0v) is 21.5. The van der Waals surface area contributed by atoms with E-state index >= 15 is 8.78 Å². The number of carbonyl (C=O) groups is 2. The monoisotopic (exact) mass is 538 g/mol. The lowest BCUT2D eigenvalue weighted by molar-refractivity contribution is -0.136. The molecule has 39 heavy (non-hydrogen) atoms. The number of fused-ring (bicyclic) bond motifs is 2. The molecule has 1 aliphatic rings. The second-order valence-corrected chi connectivity index (χ2v) is 9.55. The van der Waals surface area contributed by atoms with Gasteiger partial charge >= 0.3 is 5.97 Å². The van der Waals surface area contributed by atoms with Crippen molar-refractivity contribution < 1.29 is 32.6 Å². The van der Waals surface area contributed by atoms with Gasteiger partial charge in [-0.3, -0.25) is 9.59 Å². The summed E-state index contributed by atoms with van der Waals surface area (Å²) in [6.45, 7) is 5.24. The van der Waals surface area contributed by atoms with E-state index in [4.69, 9.17) is 4.74 Å². The Morgan fingerprint density at radius 1 is 1.13 bits per heavy atom. The maximum atomic E-state index is 15.6. The first-order chi connectivity index (χ1) is 18.6. The van der Waals surface area contributed by atoms with Crippen LogP contribution in [0.1, 0.15) is 50.4 Å². The predicted octanol–water partition coefficient (Wildman–Crippen LogP) is 4.62. The van der Waals surface area contributed by atoms with Crippen molar-refractivity contribution in [2.75, 3.05) is 6.61 Å². The van der Waals surface area contributed by atoms with E-state index in [1.807, 2.05) is 0 Å². The summed E-state index contributed by atoms with van der Waals surface area (Å²) in [6, 6.07) is 5.56. The highest BCUT2D eigenvalue weighted by molar-refractivity contribution is 5.94. The molecule has 0 bridgehead atoms. The second-order valence-electron chi connectivity index (χ2n) is 9.55. The van der Waals surface area contributed by atoms with Crippen LogP contribution in [0.5, 0.6) is 5.75 Å². The Kier molecular flexibility index (Phi) is 6.75. The standard InChI is InChI=1S/C28H25F3N4O4/c1-13-9-16(6-7-20(13)29)12-32-28(38)24-23(31)27-33-15(3)19(11-22(36)37)25(35(27)34-24)18-10-21(30)26-17(14(18)2)5-4-8-39-26/h6-7,9-10H,4-5,8,11-12H2,1-3H3,(H,32,38)(H,36,37). The number of hydrogen-bond donors (Lipinski definition) is 2. The van der Waals surface area contributed by atoms with E-state index in [1.54, 1.807) is 19.9 Å². The minimum atomic E-state index is -1.17. The highest BCUT2D eigenvalue weighted by Gasteiger charge is 2.29. The van der Waals surface area contributed by atoms with Gasteiger partial charge in [-0.1, -0.05) is 12.1 Å². The first-order valence-corrected chi connectivity index (χ1v) is 12.3. The predicted molar refractivity (Wildman–Crippen MR) is 135 cm³/mol. The molecule has 202 valence electrons. The van der Waals surface area contributed by atoms with Crippen LogP contribution in [-0.4, -0.2) is 38.2 Å². The lowest BCUT2D eigenvalue weighted by atomic mass is 9.91. The first-order valence-electron chi connectivity index (χ1n) is 12.3. The average molecular weight is 539 g/mol. The van der Waals surface area contributed by atoms with Gasteiger partial charge in [0.2, 0.25) is 5.82 Å². The van der Waals surface area contributed by atoms with Crippen LogP contribution in [0.2, 0.25) is 0 Å². The molecule has 1 aliphatic heterocycles. The van der Waals surface area contributed by atoms with Gasteiger partial charge in [-0.25, -0.2) is 22.7 Å². The van der Waals surface area contributed by atoms with Gasteiger partial charge in [-0.2, -0.15) is 5.10 Å². The molecule has 2 aromatic carbocycles. The van der Waals surface area contributed by atoms with Crippen molar-refractivity contribution in [1.29, 1.82) is 0 Å². The van der Waals surface area contributed by atoms with Crippen LogP contribution in [0.3, 0.4) is 0 Å². The number of rotatable bonds is 6. The third kappa shape index (κ3) is 4.68. The highest BCUT2D eigenvalue weighted by atomic mass is 19.1. The molecule has 8 nitrogen and oxygen atoms in total. The smallest absolute Gasteiger partial charge is 0.307 e. The topological polar surface area (TPSA) is 106 Å². The Balaban J connectivity index is 1.65. The molecule has 0 saturated carbocycles. The molecule has 2 aromatic heterocycles. The summed E-state index contributed by atoms with van der Waals surface area (Å²) < 4.78 is 50.9. The summed E-state index contributed by atoms with van der Waals surface area (Å²) >= 11 is 0. The molecule has 0 radical (unpaired) electrons. The van der Waals surface area contributed by atoms with E-state index in [-0.39, 0.29) is 40.7 Å². The van der Waals surface area contributed by atoms with Gasteiger partial charge in [0.05, 0.1) is 18.7 Å². The van der Waals surface area contributed by atoms with E-state index in [2.05, 4.69) is 15.4 Å². The number of aromatic nitrogens is 3. The van der Waals surface area contributed by atoms with Crippen LogP contribution in [0.25, 0.3) is 16.9 Å². The van der Waals surface area contributed by atoms with Crippen molar-refractivity contribution in [1.82, 2.24) is 19.9 Å². The van der Waals surface area contributed by atoms with Crippen molar-refractivity contribution >= 4 is 17.5 Å². The molecule has 1 amide bonds. The molecule has 0 unspecified atom stereocenters. The summed E-state index contributed by atoms with van der Waals surface area (Å²) in [5.74, 6) is -3.89. The maximum absolute atomic E-state index is 15.6. The number of ether oxygens (including phenoxy) is 1. The van der Waals surface area contributed by atoms with E-state index in [0.717, 1.165) is 4.52 Å². The number of amides is 1. The van der Waals surface area contributed by atoms with Gasteiger partial charge in [0.15, 0.2) is 22.9 Å². The summed E-state index contributed by atoms with van der Waals surface area (Å²) in [4.78, 5) is 28.9. The van der Waals surface area contributed by atoms with Crippen molar-refractivity contribution in [2.45, 2.75) is 46.6 Å². The highest BCUT2D eigenvalue weighted by Crippen LogP contribution is 2.39. The largest absolute Gasteiger partial charge is 0.490 e. The zero-order valence-electron chi connectivity index (χ0n) is 21.5. The Morgan fingerprint density at radius 3 is 2.62 bits per heavy atom. The fourth-order valence-electron chi connectivity index (χ4n) is 4.94. The number of carbonyl (C=O) groups excluding carboxylic acids is 1. The quantitative estimate of drug-likeness (QED) is 0.371. The third-order valence-electron chi connectivity index (χ3n) is 6.92. The summed E-state index contributed by atoms with van der Waals surface area (Å²) in [5, 5.41) is 16.4. The van der Waals surface area contributed by atoms with Crippen molar-refractivity contribution in [3.05, 3.63) is 80.9 Å². The number of carboxylic acids is 1. The lowest BCUT2D eigenvalue weighted by Crippen LogP contribution is -2.24. The van der Waals surface area contributed by atoms with Gasteiger partial charge in [0.25, 0.3) is 5.91 Å². The Hall–Kier alpha value is -4.41. The summed E-state index contributed by atoms with van der Waals surface area (Å²) in [7, 11) is 0. The number of aryl methyl sites for hydroxylation is 2. The number of aliphatic carboxylic acids is 1. The first kappa shape index (κ1) is 26.2. The molecule has 2 N–H and O–H groups in total. The Morgan fingerprint density at radius 2 is 1.90 bits per heavy atom. The SMILES string of the molecule is Cc1cc(CNC(=O)c2nn3c(-c4cc(F)c5c(c4C)CCCO5)c(CC(=O)O)c(C)nc3c2F)ccc1F. The normalized spacial score (nSPS) is 12.8. The molecule has 0 fully saturated rings. The molecule has 3 heterocycles. The minimum absolute atomic E-state index is 0.00795. The molecular weight excluding hydrogens is 513 g/mol. The van der Waals surface area contributed by atoms with Gasteiger partial charge < -0.3 is 15.2 Å². The molecule has 0 atom stereocenters. The Labute approximate surface area is 221 Å². The number of carboxylic acid groups (broad SMARTS) is 1. The third-order valence-corrected chi connectivity index (χ3v) is 6.92. The van der Waals surface area contributed by atoms with Crippen molar-refractivity contribution in [2.24, 2.45) is 0 Å². The average Bonchev–Trinajstić information content (AvgIpc) is 3.23. The van der Waals surface area contributed by atoms with Crippen LogP contribution in [0.4, 0.5) is 13.2 Å². The molecule has 4 aromatic rings.